The van der Waals surface area contributed by atoms with Crippen molar-refractivity contribution in [2.45, 2.75) is 26.2 Å². The molecule has 5 nitrogen and oxygen atoms in total. The highest BCUT2D eigenvalue weighted by Crippen LogP contribution is 2.27. The van der Waals surface area contributed by atoms with Crippen LogP contribution in [-0.2, 0) is 26.2 Å². The second kappa shape index (κ2) is 12.6. The van der Waals surface area contributed by atoms with Gasteiger partial charge in [-0.15, -0.1) is 0 Å². The summed E-state index contributed by atoms with van der Waals surface area (Å²) in [5.74, 6) is 0.435. The van der Waals surface area contributed by atoms with Crippen LogP contribution in [0.5, 0.6) is 5.75 Å². The summed E-state index contributed by atoms with van der Waals surface area (Å²) in [4.78, 5) is 8.46. The number of hydrogen-bond acceptors (Lipinski definition) is 5. The maximum absolute atomic E-state index is 10.4. The van der Waals surface area contributed by atoms with E-state index in [0.717, 1.165) is 37.3 Å². The van der Waals surface area contributed by atoms with Crippen molar-refractivity contribution in [3.05, 3.63) is 64.7 Å². The van der Waals surface area contributed by atoms with Crippen LogP contribution in [0, 0.1) is 0 Å². The predicted molar refractivity (Wildman–Crippen MR) is 124 cm³/mol. The summed E-state index contributed by atoms with van der Waals surface area (Å²) in [5, 5.41) is 10.4. The lowest BCUT2D eigenvalue weighted by Gasteiger charge is -2.19. The first kappa shape index (κ1) is 25.1. The molecule has 2 aromatic carbocycles. The minimum Gasteiger partial charge on any atom is -0.507 e. The molecule has 0 unspecified atom stereocenters. The van der Waals surface area contributed by atoms with Gasteiger partial charge in [0.05, 0.1) is 0 Å². The predicted octanol–water partition coefficient (Wildman–Crippen LogP) is 3.33. The van der Waals surface area contributed by atoms with Crippen molar-refractivity contribution in [2.75, 3.05) is 56.4 Å². The summed E-state index contributed by atoms with van der Waals surface area (Å²) in [5.41, 5.74) is 4.62. The number of phenolic OH excluding ortho intramolecular Hbond substituents is 1. The van der Waals surface area contributed by atoms with Crippen LogP contribution in [0.4, 0.5) is 0 Å². The Hall–Kier alpha value is -1.92. The fourth-order valence-corrected chi connectivity index (χ4v) is 3.16. The second-order valence-electron chi connectivity index (χ2n) is 8.70. The fraction of sp³-hybridized carbons (Fsp3) is 0.500. The zero-order chi connectivity index (χ0) is 22.0. The van der Waals surface area contributed by atoms with E-state index in [9.17, 15) is 5.11 Å². The third-order valence-electron chi connectivity index (χ3n) is 4.14. The van der Waals surface area contributed by atoms with Crippen LogP contribution in [0.3, 0.4) is 0 Å². The minimum atomic E-state index is 0.435. The van der Waals surface area contributed by atoms with Gasteiger partial charge in [0.1, 0.15) is 5.75 Å². The van der Waals surface area contributed by atoms with E-state index in [1.54, 1.807) is 0 Å². The Morgan fingerprint density at radius 3 is 1.31 bits per heavy atom. The molecule has 0 aliphatic rings. The monoisotopic (exact) mass is 400 g/mol. The third-order valence-corrected chi connectivity index (χ3v) is 4.14. The van der Waals surface area contributed by atoms with Crippen molar-refractivity contribution < 1.29 is 5.11 Å². The number of aromatic hydroxyl groups is 1. The smallest absolute Gasteiger partial charge is 0.124 e. The molecule has 0 atom stereocenters. The summed E-state index contributed by atoms with van der Waals surface area (Å²) >= 11 is 0. The number of hydrogen-bond donors (Lipinski definition) is 1. The zero-order valence-electron chi connectivity index (χ0n) is 19.6. The summed E-state index contributed by atoms with van der Waals surface area (Å²) in [6.07, 6.45) is 0. The molecular formula is C24H40N4O. The van der Waals surface area contributed by atoms with Crippen LogP contribution in [-0.4, -0.2) is 81.1 Å². The van der Waals surface area contributed by atoms with Gasteiger partial charge in [0.25, 0.3) is 0 Å². The SMILES string of the molecule is CN(C)Cc1cc(CN(C)C)c(O)c(CN(C)C)c1.CN(C)Cc1ccccc1. The van der Waals surface area contributed by atoms with E-state index in [-0.39, 0.29) is 0 Å². The van der Waals surface area contributed by atoms with Gasteiger partial charge >= 0.3 is 0 Å². The Morgan fingerprint density at radius 1 is 0.552 bits per heavy atom. The van der Waals surface area contributed by atoms with E-state index >= 15 is 0 Å². The Kier molecular flexibility index (Phi) is 10.9. The van der Waals surface area contributed by atoms with Crippen LogP contribution in [0.1, 0.15) is 22.3 Å². The van der Waals surface area contributed by atoms with Crippen molar-refractivity contribution in [1.29, 1.82) is 0 Å². The highest BCUT2D eigenvalue weighted by atomic mass is 16.3. The van der Waals surface area contributed by atoms with Crippen molar-refractivity contribution in [3.8, 4) is 5.75 Å². The number of nitrogens with zero attached hydrogens (tertiary/aromatic N) is 4. The molecule has 0 heterocycles. The van der Waals surface area contributed by atoms with E-state index in [2.05, 4.69) is 84.2 Å². The first-order chi connectivity index (χ1) is 13.6. The van der Waals surface area contributed by atoms with E-state index < -0.39 is 0 Å². The maximum Gasteiger partial charge on any atom is 0.124 e. The molecule has 0 saturated carbocycles. The fourth-order valence-electron chi connectivity index (χ4n) is 3.16. The standard InChI is InChI=1S/C15H27N3O.C9H13N/c1-16(2)9-12-7-13(10-17(3)4)15(19)14(8-12)11-18(5)6;1-10(2)8-9-6-4-3-5-7-9/h7-8,19H,9-11H2,1-6H3;3-7H,8H2,1-2H3. The van der Waals surface area contributed by atoms with Gasteiger partial charge in [-0.05, 0) is 79.6 Å². The zero-order valence-corrected chi connectivity index (χ0v) is 19.6. The summed E-state index contributed by atoms with van der Waals surface area (Å²) in [6.45, 7) is 3.43. The lowest BCUT2D eigenvalue weighted by atomic mass is 10.0. The Morgan fingerprint density at radius 2 is 0.931 bits per heavy atom. The normalized spacial score (nSPS) is 11.3. The largest absolute Gasteiger partial charge is 0.507 e. The molecule has 2 rings (SSSR count). The van der Waals surface area contributed by atoms with Crippen molar-refractivity contribution in [3.63, 3.8) is 0 Å². The topological polar surface area (TPSA) is 33.2 Å². The molecule has 0 fully saturated rings. The number of phenols is 1. The molecule has 0 bridgehead atoms. The van der Waals surface area contributed by atoms with Gasteiger partial charge in [0, 0.05) is 37.3 Å². The van der Waals surface area contributed by atoms with Gasteiger partial charge in [-0.2, -0.15) is 0 Å². The average Bonchev–Trinajstić information content (AvgIpc) is 2.58. The molecule has 0 aliphatic carbocycles. The molecule has 162 valence electrons. The van der Waals surface area contributed by atoms with Gasteiger partial charge in [0.15, 0.2) is 0 Å². The second-order valence-corrected chi connectivity index (χ2v) is 8.70. The first-order valence-corrected chi connectivity index (χ1v) is 10.0. The Labute approximate surface area is 178 Å². The third kappa shape index (κ3) is 10.4. The Bertz CT molecular complexity index is 681. The molecule has 5 heteroatoms. The van der Waals surface area contributed by atoms with E-state index in [1.165, 1.54) is 11.1 Å². The van der Waals surface area contributed by atoms with Crippen LogP contribution in [0.2, 0.25) is 0 Å². The first-order valence-electron chi connectivity index (χ1n) is 10.0. The quantitative estimate of drug-likeness (QED) is 0.735. The van der Waals surface area contributed by atoms with Gasteiger partial charge in [-0.25, -0.2) is 0 Å². The summed E-state index contributed by atoms with van der Waals surface area (Å²) in [7, 11) is 16.3. The molecule has 0 amide bonds. The molecule has 0 aliphatic heterocycles. The number of benzene rings is 2. The van der Waals surface area contributed by atoms with Crippen LogP contribution in [0.15, 0.2) is 42.5 Å². The summed E-state index contributed by atoms with van der Waals surface area (Å²) in [6, 6.07) is 14.7. The lowest BCUT2D eigenvalue weighted by Crippen LogP contribution is -2.16. The van der Waals surface area contributed by atoms with Crippen LogP contribution >= 0.6 is 0 Å². The average molecular weight is 401 g/mol. The van der Waals surface area contributed by atoms with Gasteiger partial charge in [-0.1, -0.05) is 30.3 Å². The highest BCUT2D eigenvalue weighted by Gasteiger charge is 2.12. The molecule has 0 saturated heterocycles. The van der Waals surface area contributed by atoms with E-state index in [1.807, 2.05) is 34.3 Å². The van der Waals surface area contributed by atoms with Crippen LogP contribution in [0.25, 0.3) is 0 Å². The van der Waals surface area contributed by atoms with E-state index in [0.29, 0.717) is 5.75 Å². The van der Waals surface area contributed by atoms with Crippen molar-refractivity contribution in [2.24, 2.45) is 0 Å². The Balaban J connectivity index is 0.000000352. The van der Waals surface area contributed by atoms with Gasteiger partial charge in [0.2, 0.25) is 0 Å². The van der Waals surface area contributed by atoms with E-state index in [4.69, 9.17) is 0 Å². The number of rotatable bonds is 8. The van der Waals surface area contributed by atoms with Gasteiger partial charge in [-0.3, -0.25) is 0 Å². The minimum absolute atomic E-state index is 0.435. The summed E-state index contributed by atoms with van der Waals surface area (Å²) < 4.78 is 0. The molecule has 0 spiro atoms. The van der Waals surface area contributed by atoms with Crippen LogP contribution < -0.4 is 0 Å². The lowest BCUT2D eigenvalue weighted by molar-refractivity contribution is 0.365. The molecule has 2 aromatic rings. The maximum atomic E-state index is 10.4. The molecule has 1 N–H and O–H groups in total. The molecule has 0 radical (unpaired) electrons. The van der Waals surface area contributed by atoms with Crippen molar-refractivity contribution >= 4 is 0 Å². The molecule has 29 heavy (non-hydrogen) atoms. The molecule has 0 aromatic heterocycles. The van der Waals surface area contributed by atoms with Crippen molar-refractivity contribution in [1.82, 2.24) is 19.6 Å². The molecular weight excluding hydrogens is 360 g/mol. The highest BCUT2D eigenvalue weighted by molar-refractivity contribution is 5.44. The van der Waals surface area contributed by atoms with Gasteiger partial charge < -0.3 is 24.7 Å².